The molecule has 47 heavy (non-hydrogen) atoms. The number of para-hydroxylation sites is 3. The summed E-state index contributed by atoms with van der Waals surface area (Å²) in [6.45, 7) is 0. The van der Waals surface area contributed by atoms with Gasteiger partial charge < -0.3 is 4.57 Å². The van der Waals surface area contributed by atoms with E-state index in [-0.39, 0.29) is 0 Å². The number of nitrogens with zero attached hydrogens (tertiary/aromatic N) is 3. The SMILES string of the molecule is c1ccc(-c2nc(-c3cccc(-c4cccc(-c5ccc6c(c5)c5ccccc5n6-c5ccccc5)c4)c3)nc3ccccc23)cc1. The minimum Gasteiger partial charge on any atom is -0.309 e. The molecule has 0 amide bonds. The molecule has 0 spiro atoms. The summed E-state index contributed by atoms with van der Waals surface area (Å²) in [5, 5.41) is 3.55. The van der Waals surface area contributed by atoms with Gasteiger partial charge in [0.15, 0.2) is 5.82 Å². The molecule has 0 aliphatic carbocycles. The van der Waals surface area contributed by atoms with Gasteiger partial charge in [-0.3, -0.25) is 0 Å². The molecule has 9 aromatic rings. The fourth-order valence-corrected chi connectivity index (χ4v) is 6.75. The number of aromatic nitrogens is 3. The average Bonchev–Trinajstić information content (AvgIpc) is 3.49. The first-order valence-corrected chi connectivity index (χ1v) is 15.9. The summed E-state index contributed by atoms with van der Waals surface area (Å²) in [6, 6.07) is 62.1. The van der Waals surface area contributed by atoms with Crippen molar-refractivity contribution in [2.75, 3.05) is 0 Å². The lowest BCUT2D eigenvalue weighted by atomic mass is 9.97. The van der Waals surface area contributed by atoms with Crippen LogP contribution in [0.4, 0.5) is 0 Å². The molecule has 2 aromatic heterocycles. The van der Waals surface area contributed by atoms with Crippen LogP contribution in [0, 0.1) is 0 Å². The normalized spacial score (nSPS) is 11.4. The molecule has 0 aliphatic heterocycles. The summed E-state index contributed by atoms with van der Waals surface area (Å²) in [5.41, 5.74) is 12.2. The highest BCUT2D eigenvalue weighted by Crippen LogP contribution is 2.36. The van der Waals surface area contributed by atoms with Gasteiger partial charge in [-0.15, -0.1) is 0 Å². The molecule has 0 saturated carbocycles. The van der Waals surface area contributed by atoms with Crippen molar-refractivity contribution in [2.45, 2.75) is 0 Å². The number of rotatable bonds is 5. The Morgan fingerprint density at radius 3 is 1.66 bits per heavy atom. The van der Waals surface area contributed by atoms with Crippen LogP contribution >= 0.6 is 0 Å². The second kappa shape index (κ2) is 11.2. The molecule has 0 radical (unpaired) electrons. The van der Waals surface area contributed by atoms with Crippen molar-refractivity contribution < 1.29 is 0 Å². The number of hydrogen-bond donors (Lipinski definition) is 0. The highest BCUT2D eigenvalue weighted by molar-refractivity contribution is 6.10. The molecule has 0 fully saturated rings. The van der Waals surface area contributed by atoms with Crippen LogP contribution in [-0.2, 0) is 0 Å². The lowest BCUT2D eigenvalue weighted by molar-refractivity contribution is 1.18. The van der Waals surface area contributed by atoms with Crippen LogP contribution in [0.2, 0.25) is 0 Å². The van der Waals surface area contributed by atoms with Crippen molar-refractivity contribution in [1.82, 2.24) is 14.5 Å². The second-order valence-corrected chi connectivity index (χ2v) is 11.9. The zero-order valence-electron chi connectivity index (χ0n) is 25.6. The van der Waals surface area contributed by atoms with Crippen LogP contribution in [-0.4, -0.2) is 14.5 Å². The third kappa shape index (κ3) is 4.77. The minimum absolute atomic E-state index is 0.723. The molecule has 3 nitrogen and oxygen atoms in total. The monoisotopic (exact) mass is 599 g/mol. The van der Waals surface area contributed by atoms with Crippen LogP contribution in [0.3, 0.4) is 0 Å². The van der Waals surface area contributed by atoms with E-state index < -0.39 is 0 Å². The highest BCUT2D eigenvalue weighted by atomic mass is 15.0. The largest absolute Gasteiger partial charge is 0.309 e. The van der Waals surface area contributed by atoms with Gasteiger partial charge in [0.2, 0.25) is 0 Å². The summed E-state index contributed by atoms with van der Waals surface area (Å²) in [5.74, 6) is 0.723. The Morgan fingerprint density at radius 1 is 0.340 bits per heavy atom. The van der Waals surface area contributed by atoms with Gasteiger partial charge in [-0.05, 0) is 70.8 Å². The van der Waals surface area contributed by atoms with Crippen LogP contribution in [0.5, 0.6) is 0 Å². The lowest BCUT2D eigenvalue weighted by Crippen LogP contribution is -1.95. The van der Waals surface area contributed by atoms with E-state index in [0.29, 0.717) is 0 Å². The zero-order valence-corrected chi connectivity index (χ0v) is 25.6. The van der Waals surface area contributed by atoms with Crippen molar-refractivity contribution in [2.24, 2.45) is 0 Å². The highest BCUT2D eigenvalue weighted by Gasteiger charge is 2.14. The fourth-order valence-electron chi connectivity index (χ4n) is 6.75. The lowest BCUT2D eigenvalue weighted by Gasteiger charge is -2.11. The third-order valence-electron chi connectivity index (χ3n) is 8.99. The molecule has 0 bridgehead atoms. The van der Waals surface area contributed by atoms with Gasteiger partial charge in [0.1, 0.15) is 0 Å². The van der Waals surface area contributed by atoms with Gasteiger partial charge in [0.05, 0.1) is 22.2 Å². The summed E-state index contributed by atoms with van der Waals surface area (Å²) in [4.78, 5) is 10.1. The third-order valence-corrected chi connectivity index (χ3v) is 8.99. The summed E-state index contributed by atoms with van der Waals surface area (Å²) in [6.07, 6.45) is 0. The first-order chi connectivity index (χ1) is 23.3. The van der Waals surface area contributed by atoms with E-state index in [1.807, 2.05) is 18.2 Å². The molecule has 3 heteroatoms. The summed E-state index contributed by atoms with van der Waals surface area (Å²) >= 11 is 0. The molecule has 0 atom stereocenters. The Kier molecular flexibility index (Phi) is 6.46. The van der Waals surface area contributed by atoms with E-state index in [9.17, 15) is 0 Å². The summed E-state index contributed by atoms with van der Waals surface area (Å²) in [7, 11) is 0. The standard InChI is InChI=1S/C44H29N3/c1-3-13-30(14-4-1)43-38-22-7-9-23-40(38)45-44(46-43)35-18-12-17-33(28-35)31-15-11-16-32(27-31)34-25-26-42-39(29-34)37-21-8-10-24-41(37)47(42)36-19-5-2-6-20-36/h1-29H. The van der Waals surface area contributed by atoms with Crippen molar-refractivity contribution in [3.8, 4) is 50.6 Å². The predicted octanol–water partition coefficient (Wildman–Crippen LogP) is 11.4. The van der Waals surface area contributed by atoms with Gasteiger partial charge in [-0.2, -0.15) is 0 Å². The van der Waals surface area contributed by atoms with Gasteiger partial charge >= 0.3 is 0 Å². The first kappa shape index (κ1) is 27.0. The Hall–Kier alpha value is -6.32. The summed E-state index contributed by atoms with van der Waals surface area (Å²) < 4.78 is 2.36. The average molecular weight is 600 g/mol. The molecule has 7 aromatic carbocycles. The van der Waals surface area contributed by atoms with E-state index >= 15 is 0 Å². The second-order valence-electron chi connectivity index (χ2n) is 11.9. The predicted molar refractivity (Wildman–Crippen MR) is 196 cm³/mol. The first-order valence-electron chi connectivity index (χ1n) is 15.9. The van der Waals surface area contributed by atoms with Crippen molar-refractivity contribution >= 4 is 32.7 Å². The maximum atomic E-state index is 5.11. The van der Waals surface area contributed by atoms with Crippen LogP contribution in [0.25, 0.3) is 83.3 Å². The Bertz CT molecular complexity index is 2570. The van der Waals surface area contributed by atoms with E-state index in [0.717, 1.165) is 44.7 Å². The molecular weight excluding hydrogens is 571 g/mol. The zero-order chi connectivity index (χ0) is 31.2. The van der Waals surface area contributed by atoms with Crippen LogP contribution in [0.1, 0.15) is 0 Å². The molecule has 2 heterocycles. The molecule has 0 aliphatic rings. The smallest absolute Gasteiger partial charge is 0.160 e. The van der Waals surface area contributed by atoms with E-state index in [1.165, 1.54) is 38.6 Å². The van der Waals surface area contributed by atoms with Gasteiger partial charge in [-0.1, -0.05) is 127 Å². The molecule has 0 N–H and O–H groups in total. The Morgan fingerprint density at radius 2 is 0.894 bits per heavy atom. The Balaban J connectivity index is 1.13. The van der Waals surface area contributed by atoms with Crippen molar-refractivity contribution in [3.05, 3.63) is 176 Å². The maximum Gasteiger partial charge on any atom is 0.160 e. The van der Waals surface area contributed by atoms with Crippen molar-refractivity contribution in [1.29, 1.82) is 0 Å². The Labute approximate surface area is 273 Å². The number of hydrogen-bond acceptors (Lipinski definition) is 2. The molecule has 220 valence electrons. The maximum absolute atomic E-state index is 5.11. The van der Waals surface area contributed by atoms with E-state index in [1.54, 1.807) is 0 Å². The van der Waals surface area contributed by atoms with E-state index in [4.69, 9.17) is 9.97 Å². The van der Waals surface area contributed by atoms with Gasteiger partial charge in [0.25, 0.3) is 0 Å². The molecule has 9 rings (SSSR count). The van der Waals surface area contributed by atoms with Gasteiger partial charge in [-0.25, -0.2) is 9.97 Å². The quantitative estimate of drug-likeness (QED) is 0.197. The van der Waals surface area contributed by atoms with Crippen LogP contribution < -0.4 is 0 Å². The number of fused-ring (bicyclic) bond motifs is 4. The fraction of sp³-hybridized carbons (Fsp3) is 0. The van der Waals surface area contributed by atoms with Gasteiger partial charge in [0, 0.05) is 33.0 Å². The van der Waals surface area contributed by atoms with Crippen LogP contribution in [0.15, 0.2) is 176 Å². The van der Waals surface area contributed by atoms with E-state index in [2.05, 4.69) is 162 Å². The topological polar surface area (TPSA) is 30.7 Å². The minimum atomic E-state index is 0.723. The molecule has 0 unspecified atom stereocenters. The van der Waals surface area contributed by atoms with Crippen molar-refractivity contribution in [3.63, 3.8) is 0 Å². The molecular formula is C44H29N3. The number of benzene rings is 7. The molecule has 0 saturated heterocycles.